The van der Waals surface area contributed by atoms with E-state index in [1.165, 1.54) is 24.5 Å². The average Bonchev–Trinajstić information content (AvgIpc) is 2.75. The van der Waals surface area contributed by atoms with Crippen molar-refractivity contribution in [3.8, 4) is 0 Å². The highest BCUT2D eigenvalue weighted by Gasteiger charge is 2.31. The van der Waals surface area contributed by atoms with Gasteiger partial charge < -0.3 is 0 Å². The van der Waals surface area contributed by atoms with E-state index in [9.17, 15) is 4.39 Å². The maximum Gasteiger partial charge on any atom is 0.212 e. The van der Waals surface area contributed by atoms with Crippen LogP contribution in [0.1, 0.15) is 45.1 Å². The third-order valence-electron chi connectivity index (χ3n) is 3.95. The van der Waals surface area contributed by atoms with Crippen molar-refractivity contribution in [2.24, 2.45) is 5.41 Å². The molecule has 1 aromatic heterocycles. The summed E-state index contributed by atoms with van der Waals surface area (Å²) in [5, 5.41) is 0. The van der Waals surface area contributed by atoms with Crippen molar-refractivity contribution in [2.75, 3.05) is 0 Å². The summed E-state index contributed by atoms with van der Waals surface area (Å²) in [5.74, 6) is -0.403. The quantitative estimate of drug-likeness (QED) is 0.694. The van der Waals surface area contributed by atoms with Crippen molar-refractivity contribution >= 4 is 5.57 Å². The van der Waals surface area contributed by atoms with E-state index in [1.807, 2.05) is 6.07 Å². The van der Waals surface area contributed by atoms with Gasteiger partial charge in [-0.2, -0.15) is 4.39 Å². The lowest BCUT2D eigenvalue weighted by Gasteiger charge is -2.26. The lowest BCUT2D eigenvalue weighted by atomic mass is 9.79. The van der Waals surface area contributed by atoms with E-state index in [2.05, 4.69) is 24.9 Å². The number of aromatic nitrogens is 1. The zero-order valence-electron chi connectivity index (χ0n) is 9.96. The van der Waals surface area contributed by atoms with Gasteiger partial charge >= 0.3 is 0 Å². The number of allylic oxidation sites excluding steroid dienone is 2. The Hall–Kier alpha value is -1.18. The number of rotatable bonds is 3. The van der Waals surface area contributed by atoms with Crippen molar-refractivity contribution < 1.29 is 4.39 Å². The first-order valence-corrected chi connectivity index (χ1v) is 6.00. The fourth-order valence-electron chi connectivity index (χ4n) is 2.46. The van der Waals surface area contributed by atoms with Gasteiger partial charge in [-0.05, 0) is 54.4 Å². The van der Waals surface area contributed by atoms with Crippen LogP contribution in [-0.2, 0) is 0 Å². The molecule has 0 saturated carbocycles. The fraction of sp³-hybridized carbons (Fsp3) is 0.500. The van der Waals surface area contributed by atoms with E-state index >= 15 is 0 Å². The Bertz CT molecular complexity index is 388. The molecule has 16 heavy (non-hydrogen) atoms. The van der Waals surface area contributed by atoms with Crippen LogP contribution < -0.4 is 0 Å². The Morgan fingerprint density at radius 3 is 2.56 bits per heavy atom. The number of pyridine rings is 1. The van der Waals surface area contributed by atoms with E-state index in [1.54, 1.807) is 6.20 Å². The highest BCUT2D eigenvalue weighted by Crippen LogP contribution is 2.46. The van der Waals surface area contributed by atoms with Crippen molar-refractivity contribution in [1.29, 1.82) is 0 Å². The second kappa shape index (κ2) is 4.36. The molecule has 0 saturated heterocycles. The molecule has 0 spiro atoms. The molecule has 0 atom stereocenters. The predicted octanol–water partition coefficient (Wildman–Crippen LogP) is 4.20. The second-order valence-corrected chi connectivity index (χ2v) is 4.69. The SMILES string of the molecule is CCC1(CC)CC=C(c2ccc(F)nc2)C1. The first-order valence-electron chi connectivity index (χ1n) is 6.00. The van der Waals surface area contributed by atoms with Gasteiger partial charge in [0.2, 0.25) is 5.95 Å². The molecule has 0 unspecified atom stereocenters. The van der Waals surface area contributed by atoms with Gasteiger partial charge in [-0.15, -0.1) is 0 Å². The maximum absolute atomic E-state index is 12.7. The van der Waals surface area contributed by atoms with Gasteiger partial charge in [0.05, 0.1) is 0 Å². The molecular formula is C14H18FN. The third kappa shape index (κ3) is 2.01. The van der Waals surface area contributed by atoms with Crippen molar-refractivity contribution in [1.82, 2.24) is 4.98 Å². The largest absolute Gasteiger partial charge is 0.228 e. The van der Waals surface area contributed by atoms with Gasteiger partial charge in [-0.1, -0.05) is 19.9 Å². The Kier molecular flexibility index (Phi) is 3.08. The molecule has 0 amide bonds. The zero-order chi connectivity index (χ0) is 11.6. The smallest absolute Gasteiger partial charge is 0.212 e. The Balaban J connectivity index is 2.17. The number of nitrogens with zero attached hydrogens (tertiary/aromatic N) is 1. The van der Waals surface area contributed by atoms with E-state index in [0.29, 0.717) is 5.41 Å². The summed E-state index contributed by atoms with van der Waals surface area (Å²) >= 11 is 0. The Morgan fingerprint density at radius 1 is 1.31 bits per heavy atom. The summed E-state index contributed by atoms with van der Waals surface area (Å²) in [6.07, 6.45) is 8.60. The molecule has 1 aromatic rings. The molecule has 1 aliphatic carbocycles. The summed E-state index contributed by atoms with van der Waals surface area (Å²) in [5.41, 5.74) is 2.84. The molecule has 0 N–H and O–H groups in total. The van der Waals surface area contributed by atoms with Gasteiger partial charge in [0.15, 0.2) is 0 Å². The molecule has 1 nitrogen and oxygen atoms in total. The van der Waals surface area contributed by atoms with E-state index in [0.717, 1.165) is 18.4 Å². The molecule has 0 radical (unpaired) electrons. The van der Waals surface area contributed by atoms with E-state index in [4.69, 9.17) is 0 Å². The lowest BCUT2D eigenvalue weighted by molar-refractivity contribution is 0.288. The van der Waals surface area contributed by atoms with Gasteiger partial charge in [0, 0.05) is 6.20 Å². The van der Waals surface area contributed by atoms with Crippen molar-refractivity contribution in [3.05, 3.63) is 35.9 Å². The molecule has 2 heteroatoms. The molecule has 1 heterocycles. The molecular weight excluding hydrogens is 201 g/mol. The minimum atomic E-state index is -0.403. The number of hydrogen-bond acceptors (Lipinski definition) is 1. The van der Waals surface area contributed by atoms with Crippen LogP contribution in [0.2, 0.25) is 0 Å². The van der Waals surface area contributed by atoms with Crippen LogP contribution in [0.15, 0.2) is 24.4 Å². The lowest BCUT2D eigenvalue weighted by Crippen LogP contribution is -2.14. The highest BCUT2D eigenvalue weighted by atomic mass is 19.1. The average molecular weight is 219 g/mol. The van der Waals surface area contributed by atoms with Gasteiger partial charge in [0.1, 0.15) is 0 Å². The molecule has 1 aliphatic rings. The van der Waals surface area contributed by atoms with Crippen LogP contribution in [0.5, 0.6) is 0 Å². The van der Waals surface area contributed by atoms with Gasteiger partial charge in [-0.3, -0.25) is 0 Å². The van der Waals surface area contributed by atoms with E-state index in [-0.39, 0.29) is 0 Å². The van der Waals surface area contributed by atoms with Gasteiger partial charge in [0.25, 0.3) is 0 Å². The van der Waals surface area contributed by atoms with Crippen molar-refractivity contribution in [2.45, 2.75) is 39.5 Å². The Morgan fingerprint density at radius 2 is 2.06 bits per heavy atom. The van der Waals surface area contributed by atoms with Crippen LogP contribution in [0.25, 0.3) is 5.57 Å². The zero-order valence-corrected chi connectivity index (χ0v) is 9.96. The topological polar surface area (TPSA) is 12.9 Å². The monoisotopic (exact) mass is 219 g/mol. The van der Waals surface area contributed by atoms with Crippen LogP contribution >= 0.6 is 0 Å². The summed E-state index contributed by atoms with van der Waals surface area (Å²) in [6, 6.07) is 3.27. The third-order valence-corrected chi connectivity index (χ3v) is 3.95. The summed E-state index contributed by atoms with van der Waals surface area (Å²) < 4.78 is 12.7. The van der Waals surface area contributed by atoms with Crippen LogP contribution in [-0.4, -0.2) is 4.98 Å². The number of halogens is 1. The molecule has 0 bridgehead atoms. The summed E-state index contributed by atoms with van der Waals surface area (Å²) in [7, 11) is 0. The van der Waals surface area contributed by atoms with E-state index < -0.39 is 5.95 Å². The molecule has 0 aliphatic heterocycles. The first-order chi connectivity index (χ1) is 7.69. The number of hydrogen-bond donors (Lipinski definition) is 0. The minimum Gasteiger partial charge on any atom is -0.228 e. The fourth-order valence-corrected chi connectivity index (χ4v) is 2.46. The summed E-state index contributed by atoms with van der Waals surface area (Å²) in [6.45, 7) is 4.51. The second-order valence-electron chi connectivity index (χ2n) is 4.69. The van der Waals surface area contributed by atoms with Crippen molar-refractivity contribution in [3.63, 3.8) is 0 Å². The minimum absolute atomic E-state index is 0.403. The standard InChI is InChI=1S/C14H18FN/c1-3-14(4-2)8-7-11(9-14)12-5-6-13(15)16-10-12/h5-7,10H,3-4,8-9H2,1-2H3. The molecule has 0 fully saturated rings. The first kappa shape index (κ1) is 11.3. The normalized spacial score (nSPS) is 18.6. The predicted molar refractivity (Wildman–Crippen MR) is 64.4 cm³/mol. The van der Waals surface area contributed by atoms with Crippen LogP contribution in [0.3, 0.4) is 0 Å². The Labute approximate surface area is 96.4 Å². The van der Waals surface area contributed by atoms with Gasteiger partial charge in [-0.25, -0.2) is 4.98 Å². The maximum atomic E-state index is 12.7. The highest BCUT2D eigenvalue weighted by molar-refractivity contribution is 5.67. The molecule has 0 aromatic carbocycles. The van der Waals surface area contributed by atoms with Crippen LogP contribution in [0.4, 0.5) is 4.39 Å². The molecule has 2 rings (SSSR count). The summed E-state index contributed by atoms with van der Waals surface area (Å²) in [4.78, 5) is 3.72. The molecule has 86 valence electrons. The van der Waals surface area contributed by atoms with Crippen LogP contribution in [0, 0.1) is 11.4 Å².